The Bertz CT molecular complexity index is 821. The number of fused-ring (bicyclic) bond motifs is 1. The zero-order valence-corrected chi connectivity index (χ0v) is 15.5. The molecular formula is C18H25N7O. The van der Waals surface area contributed by atoms with Gasteiger partial charge in [0, 0.05) is 37.0 Å². The van der Waals surface area contributed by atoms with Crippen LogP contribution in [0.4, 0.5) is 5.82 Å². The van der Waals surface area contributed by atoms with Gasteiger partial charge in [0.15, 0.2) is 5.82 Å². The van der Waals surface area contributed by atoms with Crippen LogP contribution >= 0.6 is 0 Å². The van der Waals surface area contributed by atoms with Crippen molar-refractivity contribution in [2.24, 2.45) is 0 Å². The van der Waals surface area contributed by atoms with Crippen LogP contribution in [0.15, 0.2) is 0 Å². The molecule has 2 aromatic rings. The van der Waals surface area contributed by atoms with Crippen molar-refractivity contribution < 1.29 is 4.79 Å². The maximum Gasteiger partial charge on any atom is 0.270 e. The van der Waals surface area contributed by atoms with Crippen molar-refractivity contribution in [3.05, 3.63) is 28.7 Å². The fourth-order valence-electron chi connectivity index (χ4n) is 3.70. The first-order valence-corrected chi connectivity index (χ1v) is 9.35. The number of nitrogens with zero attached hydrogens (tertiary/aromatic N) is 5. The van der Waals surface area contributed by atoms with E-state index in [1.807, 2.05) is 6.92 Å². The topological polar surface area (TPSA) is 99.7 Å². The molecule has 0 aromatic carbocycles. The molecule has 4 rings (SSSR count). The van der Waals surface area contributed by atoms with Gasteiger partial charge < -0.3 is 10.2 Å². The van der Waals surface area contributed by atoms with Gasteiger partial charge in [-0.1, -0.05) is 13.8 Å². The number of aromatic amines is 1. The van der Waals surface area contributed by atoms with Crippen molar-refractivity contribution >= 4 is 11.7 Å². The highest BCUT2D eigenvalue weighted by Gasteiger charge is 2.30. The van der Waals surface area contributed by atoms with E-state index in [1.54, 1.807) is 0 Å². The van der Waals surface area contributed by atoms with Gasteiger partial charge in [-0.05, 0) is 26.2 Å². The zero-order valence-electron chi connectivity index (χ0n) is 15.5. The summed E-state index contributed by atoms with van der Waals surface area (Å²) in [5.41, 5.74) is 1.54. The smallest absolute Gasteiger partial charge is 0.270 e. The van der Waals surface area contributed by atoms with Crippen molar-refractivity contribution in [1.29, 1.82) is 0 Å². The number of aromatic nitrogens is 5. The first kappa shape index (κ1) is 16.9. The largest absolute Gasteiger partial charge is 0.356 e. The lowest BCUT2D eigenvalue weighted by Gasteiger charge is -2.34. The molecule has 1 saturated heterocycles. The predicted octanol–water partition coefficient (Wildman–Crippen LogP) is 1.70. The van der Waals surface area contributed by atoms with E-state index in [-0.39, 0.29) is 11.8 Å². The third kappa shape index (κ3) is 3.04. The molecule has 0 spiro atoms. The molecule has 0 bridgehead atoms. The number of H-pyrrole nitrogens is 1. The number of rotatable bonds is 3. The Morgan fingerprint density at radius 2 is 1.92 bits per heavy atom. The Kier molecular flexibility index (Phi) is 4.34. The van der Waals surface area contributed by atoms with E-state index in [9.17, 15) is 4.79 Å². The number of nitrogens with one attached hydrogen (secondary N) is 2. The number of aryl methyl sites for hydroxylation is 1. The van der Waals surface area contributed by atoms with E-state index in [4.69, 9.17) is 4.98 Å². The summed E-state index contributed by atoms with van der Waals surface area (Å²) >= 11 is 0. The van der Waals surface area contributed by atoms with Crippen LogP contribution in [0.2, 0.25) is 0 Å². The summed E-state index contributed by atoms with van der Waals surface area (Å²) in [4.78, 5) is 28.5. The van der Waals surface area contributed by atoms with Gasteiger partial charge in [0.05, 0.1) is 0 Å². The standard InChI is InChI=1S/C18H25N7O/c1-10(2)15-21-14-13(4-7-19-18(14)26)17(22-15)25-8-5-12(6-9-25)16-20-11(3)23-24-16/h10,12H,4-9H2,1-3H3,(H,19,26)(H,20,23,24). The Morgan fingerprint density at radius 1 is 1.15 bits per heavy atom. The zero-order chi connectivity index (χ0) is 18.3. The van der Waals surface area contributed by atoms with Crippen molar-refractivity contribution in [3.63, 3.8) is 0 Å². The van der Waals surface area contributed by atoms with E-state index in [0.717, 1.165) is 61.2 Å². The van der Waals surface area contributed by atoms with Crippen LogP contribution in [-0.4, -0.2) is 50.7 Å². The first-order valence-electron chi connectivity index (χ1n) is 9.35. The van der Waals surface area contributed by atoms with Gasteiger partial charge in [-0.25, -0.2) is 15.0 Å². The molecule has 0 atom stereocenters. The first-order chi connectivity index (χ1) is 12.5. The Morgan fingerprint density at radius 3 is 2.58 bits per heavy atom. The molecule has 1 fully saturated rings. The van der Waals surface area contributed by atoms with Crippen LogP contribution in [0, 0.1) is 6.92 Å². The molecule has 0 radical (unpaired) electrons. The average molecular weight is 355 g/mol. The van der Waals surface area contributed by atoms with Gasteiger partial charge in [-0.2, -0.15) is 5.10 Å². The van der Waals surface area contributed by atoms with Gasteiger partial charge in [0.2, 0.25) is 0 Å². The molecule has 1 amide bonds. The van der Waals surface area contributed by atoms with E-state index in [2.05, 4.69) is 44.2 Å². The molecule has 26 heavy (non-hydrogen) atoms. The molecule has 2 aliphatic rings. The summed E-state index contributed by atoms with van der Waals surface area (Å²) < 4.78 is 0. The molecule has 0 saturated carbocycles. The normalized spacial score (nSPS) is 18.2. The molecule has 138 valence electrons. The Hall–Kier alpha value is -2.51. The third-order valence-electron chi connectivity index (χ3n) is 5.17. The predicted molar refractivity (Wildman–Crippen MR) is 97.5 cm³/mol. The fourth-order valence-corrected chi connectivity index (χ4v) is 3.70. The molecule has 8 heteroatoms. The molecular weight excluding hydrogens is 330 g/mol. The summed E-state index contributed by atoms with van der Waals surface area (Å²) in [5, 5.41) is 10.2. The second-order valence-electron chi connectivity index (χ2n) is 7.43. The van der Waals surface area contributed by atoms with Crippen molar-refractivity contribution in [2.75, 3.05) is 24.5 Å². The summed E-state index contributed by atoms with van der Waals surface area (Å²) in [7, 11) is 0. The van der Waals surface area contributed by atoms with Gasteiger partial charge in [-0.15, -0.1) is 0 Å². The fraction of sp³-hybridized carbons (Fsp3) is 0.611. The van der Waals surface area contributed by atoms with Crippen molar-refractivity contribution in [3.8, 4) is 0 Å². The molecule has 0 unspecified atom stereocenters. The van der Waals surface area contributed by atoms with E-state index < -0.39 is 0 Å². The van der Waals surface area contributed by atoms with Gasteiger partial charge in [0.1, 0.15) is 23.2 Å². The summed E-state index contributed by atoms with van der Waals surface area (Å²) in [5.74, 6) is 3.93. The van der Waals surface area contributed by atoms with Crippen LogP contribution in [0.3, 0.4) is 0 Å². The lowest BCUT2D eigenvalue weighted by Crippen LogP contribution is -2.39. The van der Waals surface area contributed by atoms with Gasteiger partial charge in [0.25, 0.3) is 5.91 Å². The number of anilines is 1. The maximum atomic E-state index is 12.3. The monoisotopic (exact) mass is 355 g/mol. The van der Waals surface area contributed by atoms with Crippen LogP contribution in [-0.2, 0) is 6.42 Å². The highest BCUT2D eigenvalue weighted by molar-refractivity contribution is 5.96. The number of hydrogen-bond acceptors (Lipinski definition) is 6. The molecule has 2 aliphatic heterocycles. The quantitative estimate of drug-likeness (QED) is 0.869. The molecule has 8 nitrogen and oxygen atoms in total. The van der Waals surface area contributed by atoms with Crippen LogP contribution in [0.5, 0.6) is 0 Å². The molecule has 2 N–H and O–H groups in total. The number of amides is 1. The highest BCUT2D eigenvalue weighted by atomic mass is 16.1. The van der Waals surface area contributed by atoms with Gasteiger partial charge in [-0.3, -0.25) is 9.89 Å². The summed E-state index contributed by atoms with van der Waals surface area (Å²) in [6.45, 7) is 8.48. The molecule has 2 aromatic heterocycles. The van der Waals surface area contributed by atoms with Crippen molar-refractivity contribution in [2.45, 2.75) is 51.9 Å². The summed E-state index contributed by atoms with van der Waals surface area (Å²) in [6.07, 6.45) is 2.76. The minimum Gasteiger partial charge on any atom is -0.356 e. The van der Waals surface area contributed by atoms with Gasteiger partial charge >= 0.3 is 0 Å². The van der Waals surface area contributed by atoms with E-state index in [1.165, 1.54) is 0 Å². The Balaban J connectivity index is 1.60. The average Bonchev–Trinajstić information content (AvgIpc) is 3.08. The second kappa shape index (κ2) is 6.66. The SMILES string of the molecule is Cc1nc(C2CCN(c3nc(C(C)C)nc4c3CCNC4=O)CC2)n[nH]1. The van der Waals surface area contributed by atoms with E-state index in [0.29, 0.717) is 18.2 Å². The molecule has 4 heterocycles. The minimum absolute atomic E-state index is 0.0807. The third-order valence-corrected chi connectivity index (χ3v) is 5.17. The summed E-state index contributed by atoms with van der Waals surface area (Å²) in [6, 6.07) is 0. The highest BCUT2D eigenvalue weighted by Crippen LogP contribution is 2.32. The maximum absolute atomic E-state index is 12.3. The number of carbonyl (C=O) groups excluding carboxylic acids is 1. The van der Waals surface area contributed by atoms with Crippen molar-refractivity contribution in [1.82, 2.24) is 30.5 Å². The number of hydrogen-bond donors (Lipinski definition) is 2. The lowest BCUT2D eigenvalue weighted by atomic mass is 9.95. The van der Waals surface area contributed by atoms with Crippen LogP contribution in [0.25, 0.3) is 0 Å². The van der Waals surface area contributed by atoms with E-state index >= 15 is 0 Å². The number of piperidine rings is 1. The lowest BCUT2D eigenvalue weighted by molar-refractivity contribution is 0.0940. The Labute approximate surface area is 152 Å². The minimum atomic E-state index is -0.0807. The second-order valence-corrected chi connectivity index (χ2v) is 7.43. The molecule has 0 aliphatic carbocycles. The van der Waals surface area contributed by atoms with Crippen LogP contribution in [0.1, 0.15) is 72.1 Å². The number of carbonyl (C=O) groups is 1. The van der Waals surface area contributed by atoms with Crippen LogP contribution < -0.4 is 10.2 Å².